The molecule has 0 spiro atoms. The minimum absolute atomic E-state index is 0.0314. The highest BCUT2D eigenvalue weighted by Gasteiger charge is 2.30. The van der Waals surface area contributed by atoms with Gasteiger partial charge in [0.25, 0.3) is 0 Å². The molecule has 116 valence electrons. The van der Waals surface area contributed by atoms with Crippen molar-refractivity contribution in [3.05, 3.63) is 52.3 Å². The molecule has 0 fully saturated rings. The maximum atomic E-state index is 12.6. The number of aliphatic hydroxyl groups excluding tert-OH is 2. The molecule has 0 heterocycles. The van der Waals surface area contributed by atoms with Crippen LogP contribution in [-0.4, -0.2) is 35.5 Å². The number of fused-ring (bicyclic) bond motifs is 1. The van der Waals surface area contributed by atoms with Crippen LogP contribution in [0, 0.1) is 0 Å². The van der Waals surface area contributed by atoms with Crippen LogP contribution in [-0.2, 0) is 0 Å². The number of methoxy groups -OCH3 is 1. The second kappa shape index (κ2) is 6.58. The van der Waals surface area contributed by atoms with E-state index in [1.807, 2.05) is 6.92 Å². The number of ketones is 2. The Bertz CT molecular complexity index is 682. The van der Waals surface area contributed by atoms with Crippen LogP contribution in [0.5, 0.6) is 5.75 Å². The number of carbonyl (C=O) groups excluding carboxylic acids is 2. The van der Waals surface area contributed by atoms with E-state index in [9.17, 15) is 14.7 Å². The highest BCUT2D eigenvalue weighted by atomic mass is 16.5. The van der Waals surface area contributed by atoms with Crippen molar-refractivity contribution in [1.29, 1.82) is 0 Å². The molecule has 0 saturated carbocycles. The molecule has 1 aliphatic rings. The van der Waals surface area contributed by atoms with Gasteiger partial charge in [0.1, 0.15) is 11.5 Å². The molecule has 0 radical (unpaired) electrons. The number of ether oxygens (including phenoxy) is 1. The van der Waals surface area contributed by atoms with Gasteiger partial charge < -0.3 is 14.9 Å². The van der Waals surface area contributed by atoms with Gasteiger partial charge in [0.2, 0.25) is 0 Å². The van der Waals surface area contributed by atoms with Crippen LogP contribution in [0.1, 0.15) is 40.5 Å². The second-order valence-electron chi connectivity index (χ2n) is 4.91. The summed E-state index contributed by atoms with van der Waals surface area (Å²) in [6.45, 7) is 1.68. The zero-order chi connectivity index (χ0) is 16.3. The van der Waals surface area contributed by atoms with Gasteiger partial charge in [-0.3, -0.25) is 9.59 Å². The second-order valence-corrected chi connectivity index (χ2v) is 4.91. The third-order valence-corrected chi connectivity index (χ3v) is 3.69. The lowest BCUT2D eigenvalue weighted by atomic mass is 9.86. The first kappa shape index (κ1) is 16.0. The Morgan fingerprint density at radius 2 is 2.00 bits per heavy atom. The first-order valence-corrected chi connectivity index (χ1v) is 7.05. The van der Waals surface area contributed by atoms with Crippen molar-refractivity contribution in [1.82, 2.24) is 0 Å². The van der Waals surface area contributed by atoms with Gasteiger partial charge in [0.15, 0.2) is 11.6 Å². The van der Waals surface area contributed by atoms with E-state index in [2.05, 4.69) is 0 Å². The van der Waals surface area contributed by atoms with E-state index in [1.165, 1.54) is 13.2 Å². The van der Waals surface area contributed by atoms with Crippen molar-refractivity contribution in [2.24, 2.45) is 0 Å². The van der Waals surface area contributed by atoms with Gasteiger partial charge in [0.05, 0.1) is 18.2 Å². The van der Waals surface area contributed by atoms with Gasteiger partial charge in [0, 0.05) is 18.2 Å². The summed E-state index contributed by atoms with van der Waals surface area (Å²) in [5.41, 5.74) is 0.942. The van der Waals surface area contributed by atoms with Crippen molar-refractivity contribution in [2.45, 2.75) is 19.8 Å². The fourth-order valence-electron chi connectivity index (χ4n) is 2.52. The Morgan fingerprint density at radius 1 is 1.27 bits per heavy atom. The van der Waals surface area contributed by atoms with E-state index in [-0.39, 0.29) is 41.3 Å². The van der Waals surface area contributed by atoms with E-state index < -0.39 is 5.78 Å². The van der Waals surface area contributed by atoms with Crippen molar-refractivity contribution in [2.75, 3.05) is 13.7 Å². The van der Waals surface area contributed by atoms with Crippen LogP contribution in [0.4, 0.5) is 0 Å². The molecule has 22 heavy (non-hydrogen) atoms. The van der Waals surface area contributed by atoms with Crippen LogP contribution in [0.15, 0.2) is 41.2 Å². The van der Waals surface area contributed by atoms with Crippen molar-refractivity contribution in [3.8, 4) is 5.75 Å². The van der Waals surface area contributed by atoms with Gasteiger partial charge in [-0.1, -0.05) is 19.1 Å². The molecule has 1 aromatic carbocycles. The molecular weight excluding hydrogens is 284 g/mol. The predicted octanol–water partition coefficient (Wildman–Crippen LogP) is 2.61. The van der Waals surface area contributed by atoms with E-state index in [4.69, 9.17) is 9.84 Å². The Labute approximate surface area is 128 Å². The van der Waals surface area contributed by atoms with Gasteiger partial charge in [-0.2, -0.15) is 0 Å². The van der Waals surface area contributed by atoms with Crippen molar-refractivity contribution >= 4 is 11.6 Å². The third-order valence-electron chi connectivity index (χ3n) is 3.69. The molecule has 1 aromatic rings. The van der Waals surface area contributed by atoms with Crippen LogP contribution in [0.3, 0.4) is 0 Å². The lowest BCUT2D eigenvalue weighted by Crippen LogP contribution is -2.19. The predicted molar refractivity (Wildman–Crippen MR) is 81.4 cm³/mol. The normalized spacial score (nSPS) is 15.1. The van der Waals surface area contributed by atoms with Crippen LogP contribution in [0.25, 0.3) is 0 Å². The smallest absolute Gasteiger partial charge is 0.197 e. The van der Waals surface area contributed by atoms with Crippen molar-refractivity contribution in [3.63, 3.8) is 0 Å². The average molecular weight is 302 g/mol. The average Bonchev–Trinajstić information content (AvgIpc) is 2.54. The van der Waals surface area contributed by atoms with Crippen LogP contribution in [0.2, 0.25) is 0 Å². The molecule has 0 aromatic heterocycles. The molecule has 0 unspecified atom stereocenters. The number of allylic oxidation sites excluding steroid dienone is 2. The quantitative estimate of drug-likeness (QED) is 0.817. The Morgan fingerprint density at radius 3 is 2.59 bits per heavy atom. The molecule has 1 aliphatic carbocycles. The van der Waals surface area contributed by atoms with Gasteiger partial charge >= 0.3 is 0 Å². The first-order chi connectivity index (χ1) is 10.5. The minimum Gasteiger partial charge on any atom is -0.507 e. The van der Waals surface area contributed by atoms with E-state index in [1.54, 1.807) is 12.1 Å². The monoisotopic (exact) mass is 302 g/mol. The van der Waals surface area contributed by atoms with Gasteiger partial charge in [-0.05, 0) is 24.5 Å². The molecule has 0 aliphatic heterocycles. The van der Waals surface area contributed by atoms with Gasteiger partial charge in [-0.25, -0.2) is 0 Å². The maximum Gasteiger partial charge on any atom is 0.197 e. The number of hydrogen-bond donors (Lipinski definition) is 2. The van der Waals surface area contributed by atoms with E-state index >= 15 is 0 Å². The number of benzene rings is 1. The lowest BCUT2D eigenvalue weighted by molar-refractivity contribution is 0.0978. The Hall–Kier alpha value is -2.40. The molecule has 0 saturated heterocycles. The molecule has 0 bridgehead atoms. The first-order valence-electron chi connectivity index (χ1n) is 7.05. The Kier molecular flexibility index (Phi) is 4.78. The van der Waals surface area contributed by atoms with Crippen LogP contribution < -0.4 is 4.74 Å². The Balaban J connectivity index is 2.56. The summed E-state index contributed by atoms with van der Waals surface area (Å²) in [6.07, 6.45) is 1.87. The fourth-order valence-corrected chi connectivity index (χ4v) is 2.52. The van der Waals surface area contributed by atoms with Crippen LogP contribution >= 0.6 is 0 Å². The van der Waals surface area contributed by atoms with Gasteiger partial charge in [-0.15, -0.1) is 0 Å². The fraction of sp³-hybridized carbons (Fsp3) is 0.294. The lowest BCUT2D eigenvalue weighted by Gasteiger charge is -2.18. The van der Waals surface area contributed by atoms with E-state index in [0.717, 1.165) is 6.08 Å². The molecule has 2 rings (SSSR count). The summed E-state index contributed by atoms with van der Waals surface area (Å²) in [4.78, 5) is 24.9. The van der Waals surface area contributed by atoms with E-state index in [0.29, 0.717) is 17.7 Å². The summed E-state index contributed by atoms with van der Waals surface area (Å²) in [5.74, 6) is -0.688. The highest BCUT2D eigenvalue weighted by Crippen LogP contribution is 2.32. The third kappa shape index (κ3) is 2.67. The SMILES string of the molecule is CC/C(CCO)=C(/O)C1=CC(=O)c2c(OC)cccc2C1=O. The summed E-state index contributed by atoms with van der Waals surface area (Å²) in [5, 5.41) is 19.3. The largest absolute Gasteiger partial charge is 0.507 e. The molecular formula is C17H18O5. The summed E-state index contributed by atoms with van der Waals surface area (Å²) < 4.78 is 5.12. The highest BCUT2D eigenvalue weighted by molar-refractivity contribution is 6.26. The number of hydrogen-bond acceptors (Lipinski definition) is 5. The summed E-state index contributed by atoms with van der Waals surface area (Å²) >= 11 is 0. The maximum absolute atomic E-state index is 12.6. The minimum atomic E-state index is -0.421. The number of carbonyl (C=O) groups is 2. The molecule has 5 nitrogen and oxygen atoms in total. The van der Waals surface area contributed by atoms with Crippen molar-refractivity contribution < 1.29 is 24.5 Å². The summed E-state index contributed by atoms with van der Waals surface area (Å²) in [6, 6.07) is 4.78. The molecule has 0 atom stereocenters. The summed E-state index contributed by atoms with van der Waals surface area (Å²) in [7, 11) is 1.43. The number of aliphatic hydroxyl groups is 2. The topological polar surface area (TPSA) is 83.8 Å². The number of Topliss-reactive ketones (excluding diaryl/α,β-unsaturated/α-hetero) is 1. The molecule has 0 amide bonds. The number of rotatable bonds is 5. The zero-order valence-corrected chi connectivity index (χ0v) is 12.5. The molecule has 2 N–H and O–H groups in total. The standard InChI is InChI=1S/C17H18O5/c1-3-10(7-8-18)16(20)12-9-13(19)15-11(17(12)21)5-4-6-14(15)22-2/h4-6,9,18,20H,3,7-8H2,1-2H3/b16-10-. The zero-order valence-electron chi connectivity index (χ0n) is 12.5. The molecule has 5 heteroatoms.